The highest BCUT2D eigenvalue weighted by Crippen LogP contribution is 2.19. The molecule has 2 heterocycles. The van der Waals surface area contributed by atoms with Gasteiger partial charge in [-0.2, -0.15) is 0 Å². The largest absolute Gasteiger partial charge is 0.517 e. The molecule has 1 fully saturated rings. The molecule has 0 radical (unpaired) electrons. The highest BCUT2D eigenvalue weighted by molar-refractivity contribution is 7.13. The van der Waals surface area contributed by atoms with E-state index in [0.717, 1.165) is 11.3 Å². The Morgan fingerprint density at radius 2 is 1.83 bits per heavy atom. The normalized spacial score (nSPS) is 15.5. The zero-order valence-electron chi connectivity index (χ0n) is 16.7. The van der Waals surface area contributed by atoms with Gasteiger partial charge in [0.2, 0.25) is 19.6 Å². The first-order chi connectivity index (χ1) is 13.3. The van der Waals surface area contributed by atoms with Crippen molar-refractivity contribution < 1.29 is 33.3 Å². The number of aromatic nitrogens is 1. The Bertz CT molecular complexity index is 859. The number of thiazole rings is 1. The average molecular weight is 443 g/mol. The molecule has 0 aromatic carbocycles. The minimum Gasteiger partial charge on any atom is -0.517 e. The van der Waals surface area contributed by atoms with Crippen molar-refractivity contribution in [3.63, 3.8) is 0 Å². The molecule has 2 rings (SSSR count). The number of hydrogen-bond acceptors (Lipinski definition) is 11. The molecule has 0 atom stereocenters. The molecule has 1 aliphatic rings. The molecule has 11 nitrogen and oxygen atoms in total. The lowest BCUT2D eigenvalue weighted by atomic mass is 10.1. The van der Waals surface area contributed by atoms with Crippen LogP contribution in [-0.4, -0.2) is 53.4 Å². The predicted molar refractivity (Wildman–Crippen MR) is 105 cm³/mol. The monoisotopic (exact) mass is 442 g/mol. The maximum atomic E-state index is 12.6. The lowest BCUT2D eigenvalue weighted by molar-refractivity contribution is -0.192. The van der Waals surface area contributed by atoms with Crippen molar-refractivity contribution in [3.05, 3.63) is 11.1 Å². The Hall–Kier alpha value is -2.80. The molecule has 2 amide bonds. The van der Waals surface area contributed by atoms with Crippen LogP contribution in [0.2, 0.25) is 19.6 Å². The van der Waals surface area contributed by atoms with Crippen molar-refractivity contribution in [2.45, 2.75) is 51.9 Å². The molecular formula is C16H22N4O7SSi. The SMILES string of the molecule is CC(C)(O/N=C(\C(=O)ON1C(=O)CCC1=O)c1csc(N)n1)C(=O)O[Si](C)(C)C. The maximum absolute atomic E-state index is 12.6. The number of hydroxylamine groups is 2. The van der Waals surface area contributed by atoms with E-state index in [1.54, 1.807) is 0 Å². The van der Waals surface area contributed by atoms with E-state index in [4.69, 9.17) is 19.8 Å². The number of nitrogens with two attached hydrogens (primary N) is 1. The van der Waals surface area contributed by atoms with E-state index in [9.17, 15) is 19.2 Å². The lowest BCUT2D eigenvalue weighted by Crippen LogP contribution is -2.42. The van der Waals surface area contributed by atoms with Gasteiger partial charge in [0.05, 0.1) is 0 Å². The highest BCUT2D eigenvalue weighted by atomic mass is 32.1. The zero-order chi connectivity index (χ0) is 22.0. The predicted octanol–water partition coefficient (Wildman–Crippen LogP) is 1.21. The molecule has 0 spiro atoms. The summed E-state index contributed by atoms with van der Waals surface area (Å²) < 4.78 is 5.40. The van der Waals surface area contributed by atoms with Crippen LogP contribution in [0.1, 0.15) is 32.4 Å². The van der Waals surface area contributed by atoms with E-state index in [0.29, 0.717) is 5.06 Å². The van der Waals surface area contributed by atoms with Gasteiger partial charge < -0.3 is 19.8 Å². The Kier molecular flexibility index (Phi) is 6.42. The standard InChI is InChI=1S/C16H22N4O7SSi/c1-16(2,14(24)26-29(3,4)5)27-19-12(9-8-28-15(17)18-9)13(23)25-20-10(21)6-7-11(20)22/h8H,6-7H2,1-5H3,(H2,17,18)/b19-12-. The first-order valence-corrected chi connectivity index (χ1v) is 12.9. The lowest BCUT2D eigenvalue weighted by Gasteiger charge is -2.26. The number of rotatable bonds is 7. The van der Waals surface area contributed by atoms with Gasteiger partial charge in [-0.25, -0.2) is 14.6 Å². The van der Waals surface area contributed by atoms with Crippen LogP contribution in [0.5, 0.6) is 0 Å². The van der Waals surface area contributed by atoms with Crippen LogP contribution in [-0.2, 0) is 33.3 Å². The number of nitrogens with zero attached hydrogens (tertiary/aromatic N) is 3. The number of imide groups is 1. The van der Waals surface area contributed by atoms with Gasteiger partial charge in [0, 0.05) is 18.2 Å². The van der Waals surface area contributed by atoms with E-state index in [2.05, 4.69) is 10.1 Å². The molecule has 1 aromatic rings. The van der Waals surface area contributed by atoms with Crippen molar-refractivity contribution in [2.24, 2.45) is 5.16 Å². The summed E-state index contributed by atoms with van der Waals surface area (Å²) in [6.45, 7) is 8.33. The van der Waals surface area contributed by atoms with E-state index >= 15 is 0 Å². The number of carbonyl (C=O) groups excluding carboxylic acids is 4. The van der Waals surface area contributed by atoms with Crippen LogP contribution >= 0.6 is 11.3 Å². The minimum atomic E-state index is -2.19. The number of nitrogen functional groups attached to an aromatic ring is 1. The summed E-state index contributed by atoms with van der Waals surface area (Å²) in [5.41, 5.74) is 3.62. The summed E-state index contributed by atoms with van der Waals surface area (Å²) in [7, 11) is -2.19. The second kappa shape index (κ2) is 8.29. The number of hydrogen-bond donors (Lipinski definition) is 1. The van der Waals surface area contributed by atoms with Gasteiger partial charge in [-0.1, -0.05) is 5.16 Å². The second-order valence-corrected chi connectivity index (χ2v) is 12.9. The van der Waals surface area contributed by atoms with E-state index in [1.807, 2.05) is 19.6 Å². The fourth-order valence-electron chi connectivity index (χ4n) is 1.97. The smallest absolute Gasteiger partial charge is 0.387 e. The van der Waals surface area contributed by atoms with Gasteiger partial charge in [0.1, 0.15) is 5.69 Å². The van der Waals surface area contributed by atoms with Crippen molar-refractivity contribution in [1.29, 1.82) is 0 Å². The first-order valence-electron chi connectivity index (χ1n) is 8.59. The molecule has 29 heavy (non-hydrogen) atoms. The fourth-order valence-corrected chi connectivity index (χ4v) is 3.32. The van der Waals surface area contributed by atoms with E-state index in [-0.39, 0.29) is 23.7 Å². The van der Waals surface area contributed by atoms with Gasteiger partial charge in [0.25, 0.3) is 11.8 Å². The molecule has 2 N–H and O–H groups in total. The van der Waals surface area contributed by atoms with E-state index in [1.165, 1.54) is 19.2 Å². The summed E-state index contributed by atoms with van der Waals surface area (Å²) in [6, 6.07) is 0. The Morgan fingerprint density at radius 1 is 1.24 bits per heavy atom. The molecule has 0 unspecified atom stereocenters. The number of carbonyl (C=O) groups is 4. The molecule has 0 aliphatic carbocycles. The summed E-state index contributed by atoms with van der Waals surface area (Å²) in [6.07, 6.45) is -0.122. The van der Waals surface area contributed by atoms with Crippen LogP contribution in [0.4, 0.5) is 5.13 Å². The van der Waals surface area contributed by atoms with Crippen molar-refractivity contribution in [1.82, 2.24) is 10.0 Å². The zero-order valence-corrected chi connectivity index (χ0v) is 18.5. The first kappa shape index (κ1) is 22.5. The van der Waals surface area contributed by atoms with Gasteiger partial charge in [0.15, 0.2) is 5.13 Å². The van der Waals surface area contributed by atoms with Crippen LogP contribution in [0.25, 0.3) is 0 Å². The van der Waals surface area contributed by atoms with Gasteiger partial charge in [-0.15, -0.1) is 16.4 Å². The quantitative estimate of drug-likeness (QED) is 0.284. The fraction of sp³-hybridized carbons (Fsp3) is 0.500. The van der Waals surface area contributed by atoms with Crippen molar-refractivity contribution in [3.8, 4) is 0 Å². The number of amides is 2. The second-order valence-electron chi connectivity index (χ2n) is 7.57. The summed E-state index contributed by atoms with van der Waals surface area (Å²) >= 11 is 1.03. The molecule has 0 saturated carbocycles. The Morgan fingerprint density at radius 3 is 2.31 bits per heavy atom. The highest BCUT2D eigenvalue weighted by Gasteiger charge is 2.38. The number of anilines is 1. The van der Waals surface area contributed by atoms with Crippen molar-refractivity contribution in [2.75, 3.05) is 5.73 Å². The minimum absolute atomic E-state index is 0.00552. The average Bonchev–Trinajstić information content (AvgIpc) is 3.14. The summed E-state index contributed by atoms with van der Waals surface area (Å²) in [4.78, 5) is 62.3. The molecular weight excluding hydrogens is 420 g/mol. The topological polar surface area (TPSA) is 150 Å². The van der Waals surface area contributed by atoms with Crippen LogP contribution in [0.3, 0.4) is 0 Å². The molecule has 13 heteroatoms. The Labute approximate surface area is 171 Å². The summed E-state index contributed by atoms with van der Waals surface area (Å²) in [5.74, 6) is -3.12. The molecule has 1 saturated heterocycles. The van der Waals surface area contributed by atoms with Gasteiger partial charge in [-0.05, 0) is 33.5 Å². The van der Waals surface area contributed by atoms with Crippen LogP contribution in [0.15, 0.2) is 10.5 Å². The summed E-state index contributed by atoms with van der Waals surface area (Å²) in [5, 5.41) is 5.65. The molecule has 1 aromatic heterocycles. The third kappa shape index (κ3) is 5.84. The molecule has 158 valence electrons. The van der Waals surface area contributed by atoms with Gasteiger partial charge in [-0.3, -0.25) is 9.59 Å². The van der Waals surface area contributed by atoms with Gasteiger partial charge >= 0.3 is 11.9 Å². The van der Waals surface area contributed by atoms with Crippen LogP contribution < -0.4 is 5.73 Å². The third-order valence-electron chi connectivity index (χ3n) is 3.39. The number of oxime groups is 1. The van der Waals surface area contributed by atoms with Crippen LogP contribution in [0, 0.1) is 0 Å². The van der Waals surface area contributed by atoms with Crippen molar-refractivity contribution >= 4 is 54.3 Å². The Balaban J connectivity index is 2.26. The molecule has 0 bridgehead atoms. The maximum Gasteiger partial charge on any atom is 0.387 e. The third-order valence-corrected chi connectivity index (χ3v) is 4.87. The molecule has 1 aliphatic heterocycles. The van der Waals surface area contributed by atoms with E-state index < -0.39 is 43.4 Å².